The molecule has 0 bridgehead atoms. The van der Waals surface area contributed by atoms with E-state index in [1.807, 2.05) is 24.0 Å². The average molecular weight is 418 g/mol. The van der Waals surface area contributed by atoms with Gasteiger partial charge in [-0.15, -0.1) is 0 Å². The Balaban J connectivity index is 1.55. The molecule has 1 heterocycles. The second kappa shape index (κ2) is 8.71. The van der Waals surface area contributed by atoms with Crippen LogP contribution in [0.2, 0.25) is 0 Å². The largest absolute Gasteiger partial charge is 0.381 e. The van der Waals surface area contributed by atoms with Gasteiger partial charge >= 0.3 is 5.82 Å². The third kappa shape index (κ3) is 4.50. The topological polar surface area (TPSA) is 81.3 Å². The molecule has 0 N–H and O–H groups in total. The summed E-state index contributed by atoms with van der Waals surface area (Å²) >= 11 is 0. The van der Waals surface area contributed by atoms with Gasteiger partial charge in [0, 0.05) is 26.4 Å². The smallest absolute Gasteiger partial charge is 0.358 e. The molecular weight excluding hydrogens is 392 g/mol. The van der Waals surface area contributed by atoms with E-state index in [0.717, 1.165) is 18.4 Å². The predicted molar refractivity (Wildman–Crippen MR) is 117 cm³/mol. The first kappa shape index (κ1) is 20.8. The molecule has 0 saturated carbocycles. The van der Waals surface area contributed by atoms with E-state index in [1.165, 1.54) is 22.9 Å². The highest BCUT2D eigenvalue weighted by molar-refractivity contribution is 5.77. The number of aryl methyl sites for hydroxylation is 4. The molecule has 1 unspecified atom stereocenters. The first-order valence-corrected chi connectivity index (χ1v) is 10.5. The second-order valence-corrected chi connectivity index (χ2v) is 8.11. The summed E-state index contributed by atoms with van der Waals surface area (Å²) < 4.78 is 1.68. The second-order valence-electron chi connectivity index (χ2n) is 8.11. The molecule has 160 valence electrons. The summed E-state index contributed by atoms with van der Waals surface area (Å²) in [5.74, 6) is 0.389. The van der Waals surface area contributed by atoms with Crippen LogP contribution in [0.15, 0.2) is 54.7 Å². The normalized spacial score (nSPS) is 15.0. The molecule has 31 heavy (non-hydrogen) atoms. The van der Waals surface area contributed by atoms with Gasteiger partial charge in [0.25, 0.3) is 0 Å². The number of carbonyl (C=O) groups excluding carboxylic acids is 1. The Hall–Kier alpha value is -3.48. The number of imidazole rings is 1. The van der Waals surface area contributed by atoms with Crippen molar-refractivity contribution in [2.24, 2.45) is 0 Å². The summed E-state index contributed by atoms with van der Waals surface area (Å²) in [5.41, 5.74) is 4.80. The summed E-state index contributed by atoms with van der Waals surface area (Å²) in [4.78, 5) is 29.8. The molecule has 0 radical (unpaired) electrons. The summed E-state index contributed by atoms with van der Waals surface area (Å²) in [6.07, 6.45) is 3.54. The van der Waals surface area contributed by atoms with Crippen LogP contribution in [-0.4, -0.2) is 25.3 Å². The van der Waals surface area contributed by atoms with Crippen LogP contribution in [0.1, 0.15) is 47.0 Å². The van der Waals surface area contributed by atoms with E-state index in [4.69, 9.17) is 0 Å². The van der Waals surface area contributed by atoms with Crippen LogP contribution >= 0.6 is 0 Å². The minimum atomic E-state index is -0.509. The van der Waals surface area contributed by atoms with Gasteiger partial charge in [0.05, 0.1) is 6.04 Å². The molecule has 1 atom stereocenters. The van der Waals surface area contributed by atoms with Crippen LogP contribution in [0, 0.1) is 24.0 Å². The van der Waals surface area contributed by atoms with Gasteiger partial charge in [0.2, 0.25) is 11.7 Å². The van der Waals surface area contributed by atoms with Gasteiger partial charge in [-0.2, -0.15) is 0 Å². The zero-order chi connectivity index (χ0) is 22.0. The highest BCUT2D eigenvalue weighted by atomic mass is 16.6. The Morgan fingerprint density at radius 3 is 2.65 bits per heavy atom. The van der Waals surface area contributed by atoms with Gasteiger partial charge in [0.15, 0.2) is 0 Å². The van der Waals surface area contributed by atoms with Crippen molar-refractivity contribution in [1.29, 1.82) is 0 Å². The van der Waals surface area contributed by atoms with Crippen molar-refractivity contribution >= 4 is 11.7 Å². The number of rotatable bonds is 7. The first-order chi connectivity index (χ1) is 14.9. The van der Waals surface area contributed by atoms with Gasteiger partial charge in [-0.1, -0.05) is 54.1 Å². The number of hydrogen-bond donors (Lipinski definition) is 0. The summed E-state index contributed by atoms with van der Waals surface area (Å²) in [6, 6.07) is 16.6. The number of hydrogen-bond acceptors (Lipinski definition) is 4. The molecule has 1 amide bonds. The molecule has 1 aliphatic rings. The molecule has 0 saturated heterocycles. The van der Waals surface area contributed by atoms with E-state index in [0.29, 0.717) is 18.9 Å². The van der Waals surface area contributed by atoms with Gasteiger partial charge < -0.3 is 19.6 Å². The van der Waals surface area contributed by atoms with Gasteiger partial charge in [-0.25, -0.2) is 0 Å². The minimum Gasteiger partial charge on any atom is -0.358 e. The molecule has 3 aromatic rings. The molecule has 1 aliphatic carbocycles. The Kier molecular flexibility index (Phi) is 5.84. The number of amides is 1. The van der Waals surface area contributed by atoms with Crippen LogP contribution in [0.5, 0.6) is 0 Å². The lowest BCUT2D eigenvalue weighted by molar-refractivity contribution is -0.389. The van der Waals surface area contributed by atoms with Gasteiger partial charge in [0.1, 0.15) is 6.20 Å². The van der Waals surface area contributed by atoms with Crippen molar-refractivity contribution in [1.82, 2.24) is 14.5 Å². The van der Waals surface area contributed by atoms with E-state index in [-0.39, 0.29) is 24.2 Å². The number of nitrogens with zero attached hydrogens (tertiary/aromatic N) is 4. The fourth-order valence-electron chi connectivity index (χ4n) is 4.29. The third-order valence-electron chi connectivity index (χ3n) is 5.99. The maximum absolute atomic E-state index is 13.4. The Labute approximate surface area is 181 Å². The molecular formula is C24H26N4O3. The molecule has 0 spiro atoms. The number of benzene rings is 2. The molecule has 7 nitrogen and oxygen atoms in total. The highest BCUT2D eigenvalue weighted by Gasteiger charge is 2.31. The van der Waals surface area contributed by atoms with Crippen molar-refractivity contribution in [3.8, 4) is 0 Å². The summed E-state index contributed by atoms with van der Waals surface area (Å²) in [6.45, 7) is 4.67. The van der Waals surface area contributed by atoms with E-state index in [2.05, 4.69) is 41.4 Å². The lowest BCUT2D eigenvalue weighted by atomic mass is 10.0. The number of aromatic nitrogens is 2. The van der Waals surface area contributed by atoms with Crippen molar-refractivity contribution < 1.29 is 9.72 Å². The molecule has 0 fully saturated rings. The molecule has 4 rings (SSSR count). The van der Waals surface area contributed by atoms with Crippen molar-refractivity contribution in [2.45, 2.75) is 52.2 Å². The SMILES string of the molecule is Cc1ccc(CN(C(=O)CCn2cc([N+](=O)[O-])nc2C)C2CCc3ccccc32)cc1. The molecule has 7 heteroatoms. The lowest BCUT2D eigenvalue weighted by Gasteiger charge is -2.30. The van der Waals surface area contributed by atoms with Crippen LogP contribution < -0.4 is 0 Å². The standard InChI is InChI=1S/C24H26N4O3/c1-17-7-9-19(10-8-17)15-27(22-12-11-20-5-3-4-6-21(20)22)24(29)13-14-26-16-23(28(30)31)25-18(26)2/h3-10,16,22H,11-15H2,1-2H3. The maximum atomic E-state index is 13.4. The van der Waals surface area contributed by atoms with Crippen molar-refractivity contribution in [3.05, 3.63) is 92.9 Å². The van der Waals surface area contributed by atoms with Crippen LogP contribution in [0.3, 0.4) is 0 Å². The van der Waals surface area contributed by atoms with Crippen molar-refractivity contribution in [2.75, 3.05) is 0 Å². The van der Waals surface area contributed by atoms with Crippen molar-refractivity contribution in [3.63, 3.8) is 0 Å². The highest BCUT2D eigenvalue weighted by Crippen LogP contribution is 2.37. The minimum absolute atomic E-state index is 0.0398. The predicted octanol–water partition coefficient (Wildman–Crippen LogP) is 4.51. The fraction of sp³-hybridized carbons (Fsp3) is 0.333. The summed E-state index contributed by atoms with van der Waals surface area (Å²) in [7, 11) is 0. The fourth-order valence-corrected chi connectivity index (χ4v) is 4.29. The Bertz CT molecular complexity index is 1100. The van der Waals surface area contributed by atoms with Crippen LogP contribution in [0.4, 0.5) is 5.82 Å². The van der Waals surface area contributed by atoms with E-state index in [9.17, 15) is 14.9 Å². The lowest BCUT2D eigenvalue weighted by Crippen LogP contribution is -2.34. The summed E-state index contributed by atoms with van der Waals surface area (Å²) in [5, 5.41) is 11.0. The molecule has 0 aliphatic heterocycles. The van der Waals surface area contributed by atoms with Crippen LogP contribution in [0.25, 0.3) is 0 Å². The quantitative estimate of drug-likeness (QED) is 0.417. The Morgan fingerprint density at radius 2 is 1.94 bits per heavy atom. The van der Waals surface area contributed by atoms with Gasteiger partial charge in [-0.3, -0.25) is 4.79 Å². The van der Waals surface area contributed by atoms with Crippen LogP contribution in [-0.2, 0) is 24.3 Å². The number of fused-ring (bicyclic) bond motifs is 1. The average Bonchev–Trinajstić information content (AvgIpc) is 3.35. The Morgan fingerprint density at radius 1 is 1.19 bits per heavy atom. The first-order valence-electron chi connectivity index (χ1n) is 10.5. The maximum Gasteiger partial charge on any atom is 0.381 e. The zero-order valence-corrected chi connectivity index (χ0v) is 17.8. The third-order valence-corrected chi connectivity index (χ3v) is 5.99. The molecule has 2 aromatic carbocycles. The number of carbonyl (C=O) groups is 1. The zero-order valence-electron chi connectivity index (χ0n) is 17.8. The van der Waals surface area contributed by atoms with E-state index in [1.54, 1.807) is 11.5 Å². The van der Waals surface area contributed by atoms with Gasteiger partial charge in [-0.05, 0) is 46.4 Å². The number of nitro groups is 1. The molecule has 1 aromatic heterocycles. The van der Waals surface area contributed by atoms with E-state index >= 15 is 0 Å². The monoisotopic (exact) mass is 418 g/mol. The van der Waals surface area contributed by atoms with E-state index < -0.39 is 4.92 Å².